The molecule has 1 unspecified atom stereocenters. The molecular weight excluding hydrogens is 376 g/mol. The summed E-state index contributed by atoms with van der Waals surface area (Å²) < 4.78 is 1.93. The Hall–Kier alpha value is -2.93. The summed E-state index contributed by atoms with van der Waals surface area (Å²) in [6.07, 6.45) is 6.10. The Balaban J connectivity index is 1.46. The molecule has 2 aliphatic heterocycles. The first-order valence-corrected chi connectivity index (χ1v) is 10.5. The van der Waals surface area contributed by atoms with Crippen molar-refractivity contribution in [3.05, 3.63) is 47.2 Å². The fraction of sp³-hybridized carbons (Fsp3) is 0.435. The Labute approximate surface area is 178 Å². The summed E-state index contributed by atoms with van der Waals surface area (Å²) in [4.78, 5) is 20.5. The molecule has 7 heteroatoms. The Morgan fingerprint density at radius 2 is 2.03 bits per heavy atom. The zero-order chi connectivity index (χ0) is 21.3. The van der Waals surface area contributed by atoms with Crippen LogP contribution in [-0.2, 0) is 24.8 Å². The number of nitrogens with zero attached hydrogens (tertiary/aromatic N) is 5. The molecule has 4 rings (SSSR count). The number of hydrogen-bond acceptors (Lipinski definition) is 5. The maximum Gasteiger partial charge on any atom is 0.219 e. The number of allylic oxidation sites excluding steroid dienone is 1. The van der Waals surface area contributed by atoms with Crippen LogP contribution in [0, 0.1) is 0 Å². The summed E-state index contributed by atoms with van der Waals surface area (Å²) in [5.74, 6) is 0.937. The van der Waals surface area contributed by atoms with E-state index in [0.29, 0.717) is 6.54 Å². The molecule has 3 heterocycles. The summed E-state index contributed by atoms with van der Waals surface area (Å²) in [6.45, 7) is 4.02. The lowest BCUT2D eigenvalue weighted by Crippen LogP contribution is -2.34. The number of anilines is 2. The molecule has 1 N–H and O–H groups in total. The number of aliphatic imine (C=N–C) groups is 1. The third kappa shape index (κ3) is 4.31. The molecule has 0 aliphatic carbocycles. The van der Waals surface area contributed by atoms with E-state index in [-0.39, 0.29) is 11.9 Å². The molecule has 0 fully saturated rings. The van der Waals surface area contributed by atoms with Crippen molar-refractivity contribution in [3.8, 4) is 0 Å². The van der Waals surface area contributed by atoms with Crippen molar-refractivity contribution in [1.29, 1.82) is 0 Å². The molecule has 0 saturated carbocycles. The Kier molecular flexibility index (Phi) is 5.72. The van der Waals surface area contributed by atoms with E-state index in [4.69, 9.17) is 0 Å². The van der Waals surface area contributed by atoms with Gasteiger partial charge in [0.1, 0.15) is 0 Å². The third-order valence-electron chi connectivity index (χ3n) is 5.82. The van der Waals surface area contributed by atoms with Gasteiger partial charge in [-0.15, -0.1) is 0 Å². The minimum absolute atomic E-state index is 0.107. The molecule has 1 aromatic heterocycles. The van der Waals surface area contributed by atoms with Crippen molar-refractivity contribution >= 4 is 29.2 Å². The molecule has 0 saturated heterocycles. The van der Waals surface area contributed by atoms with Crippen molar-refractivity contribution in [2.24, 2.45) is 12.0 Å². The number of amides is 1. The molecule has 0 radical (unpaired) electrons. The molecule has 0 bridgehead atoms. The summed E-state index contributed by atoms with van der Waals surface area (Å²) in [7, 11) is 6.14. The zero-order valence-corrected chi connectivity index (χ0v) is 18.2. The standard InChI is InChI=1S/C23H30N6O/c1-16(30)29-12-10-22-21(15-29)23(26-28(22)4)25-19-7-5-17(6-8-19)18-13-20(24-14-18)9-11-27(2)3/h5-8,13-14,20H,9-12,15H2,1-4H3,(H,25,26). The molecule has 158 valence electrons. The number of nitrogens with one attached hydrogen (secondary N) is 1. The monoisotopic (exact) mass is 406 g/mol. The zero-order valence-electron chi connectivity index (χ0n) is 18.2. The largest absolute Gasteiger partial charge is 0.338 e. The van der Waals surface area contributed by atoms with Crippen molar-refractivity contribution in [2.45, 2.75) is 32.4 Å². The van der Waals surface area contributed by atoms with E-state index in [1.807, 2.05) is 22.8 Å². The molecule has 1 atom stereocenters. The van der Waals surface area contributed by atoms with E-state index in [1.54, 1.807) is 6.92 Å². The van der Waals surface area contributed by atoms with Crippen LogP contribution in [0.4, 0.5) is 11.5 Å². The number of hydrogen-bond donors (Lipinski definition) is 1. The number of carbonyl (C=O) groups excluding carboxylic acids is 1. The lowest BCUT2D eigenvalue weighted by molar-refractivity contribution is -0.129. The second kappa shape index (κ2) is 8.44. The fourth-order valence-corrected chi connectivity index (χ4v) is 4.03. The number of benzene rings is 1. The first-order chi connectivity index (χ1) is 14.4. The minimum atomic E-state index is 0.107. The minimum Gasteiger partial charge on any atom is -0.338 e. The number of aryl methyl sites for hydroxylation is 1. The Morgan fingerprint density at radius 1 is 1.27 bits per heavy atom. The molecule has 1 aromatic carbocycles. The highest BCUT2D eigenvalue weighted by atomic mass is 16.2. The predicted molar refractivity (Wildman–Crippen MR) is 121 cm³/mol. The highest BCUT2D eigenvalue weighted by molar-refractivity contribution is 6.11. The quantitative estimate of drug-likeness (QED) is 0.801. The first kappa shape index (κ1) is 20.3. The summed E-state index contributed by atoms with van der Waals surface area (Å²) in [5, 5.41) is 8.10. The smallest absolute Gasteiger partial charge is 0.219 e. The van der Waals surface area contributed by atoms with Gasteiger partial charge in [-0.25, -0.2) is 0 Å². The number of carbonyl (C=O) groups is 1. The normalized spacial score (nSPS) is 18.0. The third-order valence-corrected chi connectivity index (χ3v) is 5.82. The van der Waals surface area contributed by atoms with Gasteiger partial charge in [0.15, 0.2) is 5.82 Å². The maximum atomic E-state index is 11.8. The van der Waals surface area contributed by atoms with Crippen LogP contribution in [0.2, 0.25) is 0 Å². The first-order valence-electron chi connectivity index (χ1n) is 10.5. The van der Waals surface area contributed by atoms with E-state index >= 15 is 0 Å². The van der Waals surface area contributed by atoms with Crippen LogP contribution in [0.15, 0.2) is 35.3 Å². The molecule has 2 aliphatic rings. The van der Waals surface area contributed by atoms with Gasteiger partial charge in [-0.1, -0.05) is 18.2 Å². The van der Waals surface area contributed by atoms with Crippen LogP contribution < -0.4 is 5.32 Å². The van der Waals surface area contributed by atoms with Gasteiger partial charge < -0.3 is 15.1 Å². The lowest BCUT2D eigenvalue weighted by atomic mass is 10.0. The van der Waals surface area contributed by atoms with Gasteiger partial charge in [0.2, 0.25) is 5.91 Å². The van der Waals surface area contributed by atoms with Crippen molar-refractivity contribution in [3.63, 3.8) is 0 Å². The summed E-state index contributed by atoms with van der Waals surface area (Å²) >= 11 is 0. The maximum absolute atomic E-state index is 11.8. The molecule has 7 nitrogen and oxygen atoms in total. The van der Waals surface area contributed by atoms with Crippen molar-refractivity contribution in [1.82, 2.24) is 19.6 Å². The van der Waals surface area contributed by atoms with Crippen LogP contribution in [0.25, 0.3) is 5.57 Å². The SMILES string of the molecule is CC(=O)N1CCc2c(c(Nc3ccc(C4=CC(CCN(C)C)N=C4)cc3)nn2C)C1. The van der Waals surface area contributed by atoms with Gasteiger partial charge in [0, 0.05) is 50.1 Å². The highest BCUT2D eigenvalue weighted by Crippen LogP contribution is 2.29. The van der Waals surface area contributed by atoms with Crippen LogP contribution in [0.1, 0.15) is 30.2 Å². The van der Waals surface area contributed by atoms with Crippen molar-refractivity contribution in [2.75, 3.05) is 32.5 Å². The molecule has 1 amide bonds. The molecular formula is C23H30N6O. The van der Waals surface area contributed by atoms with Crippen LogP contribution in [0.3, 0.4) is 0 Å². The lowest BCUT2D eigenvalue weighted by Gasteiger charge is -2.26. The number of aromatic nitrogens is 2. The average Bonchev–Trinajstić information content (AvgIpc) is 3.32. The number of rotatable bonds is 6. The fourth-order valence-electron chi connectivity index (χ4n) is 4.03. The van der Waals surface area contributed by atoms with Crippen LogP contribution >= 0.6 is 0 Å². The Bertz CT molecular complexity index is 986. The van der Waals surface area contributed by atoms with E-state index in [0.717, 1.165) is 43.0 Å². The summed E-state index contributed by atoms with van der Waals surface area (Å²) in [6, 6.07) is 8.65. The predicted octanol–water partition coefficient (Wildman–Crippen LogP) is 2.86. The van der Waals surface area contributed by atoms with Crippen LogP contribution in [0.5, 0.6) is 0 Å². The molecule has 2 aromatic rings. The number of fused-ring (bicyclic) bond motifs is 1. The van der Waals surface area contributed by atoms with E-state index in [1.165, 1.54) is 16.8 Å². The van der Waals surface area contributed by atoms with Gasteiger partial charge in [0.05, 0.1) is 12.6 Å². The van der Waals surface area contributed by atoms with E-state index in [9.17, 15) is 4.79 Å². The van der Waals surface area contributed by atoms with Gasteiger partial charge in [-0.2, -0.15) is 5.10 Å². The second-order valence-electron chi connectivity index (χ2n) is 8.35. The van der Waals surface area contributed by atoms with E-state index < -0.39 is 0 Å². The molecule has 30 heavy (non-hydrogen) atoms. The van der Waals surface area contributed by atoms with E-state index in [2.05, 4.69) is 64.7 Å². The van der Waals surface area contributed by atoms with Crippen LogP contribution in [-0.4, -0.2) is 64.9 Å². The van der Waals surface area contributed by atoms with Gasteiger partial charge in [-0.05, 0) is 50.3 Å². The second-order valence-corrected chi connectivity index (χ2v) is 8.35. The Morgan fingerprint density at radius 3 is 2.73 bits per heavy atom. The highest BCUT2D eigenvalue weighted by Gasteiger charge is 2.25. The summed E-state index contributed by atoms with van der Waals surface area (Å²) in [5.41, 5.74) is 5.64. The van der Waals surface area contributed by atoms with Gasteiger partial charge in [-0.3, -0.25) is 14.5 Å². The topological polar surface area (TPSA) is 65.8 Å². The molecule has 0 spiro atoms. The van der Waals surface area contributed by atoms with Gasteiger partial charge >= 0.3 is 0 Å². The van der Waals surface area contributed by atoms with Gasteiger partial charge in [0.25, 0.3) is 0 Å². The van der Waals surface area contributed by atoms with Crippen molar-refractivity contribution < 1.29 is 4.79 Å². The average molecular weight is 407 g/mol.